The molecular weight excluding hydrogens is 511 g/mol. The molecule has 1 atom stereocenters. The van der Waals surface area contributed by atoms with Crippen molar-refractivity contribution in [3.63, 3.8) is 0 Å². The van der Waals surface area contributed by atoms with Crippen LogP contribution in [0.4, 0.5) is 0 Å². The number of thioether (sulfide) groups is 1. The van der Waals surface area contributed by atoms with Gasteiger partial charge in [-0.3, -0.25) is 9.59 Å². The van der Waals surface area contributed by atoms with Gasteiger partial charge in [0, 0.05) is 46.6 Å². The zero-order chi connectivity index (χ0) is 25.9. The summed E-state index contributed by atoms with van der Waals surface area (Å²) in [5.41, 5.74) is 1.93. The van der Waals surface area contributed by atoms with Crippen LogP contribution in [0.15, 0.2) is 83.8 Å². The van der Waals surface area contributed by atoms with Gasteiger partial charge in [0.1, 0.15) is 6.04 Å². The molecule has 0 spiro atoms. The van der Waals surface area contributed by atoms with Crippen LogP contribution in [0, 0.1) is 5.92 Å². The van der Waals surface area contributed by atoms with Gasteiger partial charge in [-0.25, -0.2) is 0 Å². The molecule has 0 saturated carbocycles. The molecule has 0 saturated heterocycles. The first-order valence-corrected chi connectivity index (χ1v) is 13.8. The maximum atomic E-state index is 13.6. The third kappa shape index (κ3) is 9.20. The first-order valence-electron chi connectivity index (χ1n) is 12.1. The van der Waals surface area contributed by atoms with Crippen LogP contribution in [0.3, 0.4) is 0 Å². The number of benzene rings is 3. The van der Waals surface area contributed by atoms with Gasteiger partial charge in [0.2, 0.25) is 11.8 Å². The summed E-state index contributed by atoms with van der Waals surface area (Å²) in [6.45, 7) is 4.99. The summed E-state index contributed by atoms with van der Waals surface area (Å²) in [4.78, 5) is 29.8. The van der Waals surface area contributed by atoms with Crippen molar-refractivity contribution in [1.29, 1.82) is 0 Å². The molecule has 36 heavy (non-hydrogen) atoms. The van der Waals surface area contributed by atoms with Gasteiger partial charge >= 0.3 is 0 Å². The Morgan fingerprint density at radius 3 is 2.08 bits per heavy atom. The van der Waals surface area contributed by atoms with Crippen LogP contribution < -0.4 is 5.32 Å². The number of nitrogens with one attached hydrogen (secondary N) is 1. The van der Waals surface area contributed by atoms with E-state index >= 15 is 0 Å². The van der Waals surface area contributed by atoms with E-state index in [-0.39, 0.29) is 11.8 Å². The van der Waals surface area contributed by atoms with E-state index in [1.165, 1.54) is 0 Å². The number of hydrogen-bond acceptors (Lipinski definition) is 3. The topological polar surface area (TPSA) is 49.4 Å². The van der Waals surface area contributed by atoms with Crippen LogP contribution in [0.5, 0.6) is 0 Å². The molecule has 3 rings (SSSR count). The van der Waals surface area contributed by atoms with Crippen molar-refractivity contribution < 1.29 is 9.59 Å². The van der Waals surface area contributed by atoms with Crippen molar-refractivity contribution in [3.8, 4) is 0 Å². The lowest BCUT2D eigenvalue weighted by Crippen LogP contribution is -2.51. The van der Waals surface area contributed by atoms with Crippen molar-refractivity contribution in [3.05, 3.63) is 100 Å². The summed E-state index contributed by atoms with van der Waals surface area (Å²) in [6, 6.07) is 24.2. The monoisotopic (exact) mass is 542 g/mol. The predicted molar refractivity (Wildman–Crippen MR) is 151 cm³/mol. The van der Waals surface area contributed by atoms with Crippen LogP contribution in [0.1, 0.15) is 31.4 Å². The molecule has 0 bridgehead atoms. The van der Waals surface area contributed by atoms with Crippen molar-refractivity contribution >= 4 is 46.8 Å². The molecule has 190 valence electrons. The van der Waals surface area contributed by atoms with Crippen LogP contribution in [0.25, 0.3) is 0 Å². The number of halogens is 2. The van der Waals surface area contributed by atoms with E-state index in [0.29, 0.717) is 47.6 Å². The average molecular weight is 544 g/mol. The Morgan fingerprint density at radius 2 is 1.47 bits per heavy atom. The number of carbonyl (C=O) groups excluding carboxylic acids is 2. The lowest BCUT2D eigenvalue weighted by Gasteiger charge is -2.32. The van der Waals surface area contributed by atoms with E-state index in [4.69, 9.17) is 23.2 Å². The van der Waals surface area contributed by atoms with Crippen LogP contribution in [-0.2, 0) is 22.6 Å². The van der Waals surface area contributed by atoms with Gasteiger partial charge in [0.25, 0.3) is 0 Å². The molecule has 1 N–H and O–H groups in total. The molecule has 0 aromatic heterocycles. The highest BCUT2D eigenvalue weighted by molar-refractivity contribution is 7.99. The highest BCUT2D eigenvalue weighted by Crippen LogP contribution is 2.23. The van der Waals surface area contributed by atoms with Gasteiger partial charge in [-0.15, -0.1) is 11.8 Å². The van der Waals surface area contributed by atoms with E-state index in [1.54, 1.807) is 28.8 Å². The standard InChI is InChI=1S/C29H32Cl2N2O2S/c1-21(2)19-32-29(35)27(18-22-6-4-3-5-7-22)33(20-23-8-10-24(30)11-9-23)28(34)16-17-36-26-14-12-25(31)13-15-26/h3-15,21,27H,16-20H2,1-2H3,(H,32,35)/t27-/m0/s1. The molecule has 2 amide bonds. The van der Waals surface area contributed by atoms with Crippen molar-refractivity contribution in [2.45, 2.75) is 44.2 Å². The molecule has 0 fully saturated rings. The second-order valence-electron chi connectivity index (χ2n) is 9.05. The quantitative estimate of drug-likeness (QED) is 0.253. The Bertz CT molecular complexity index is 1110. The largest absolute Gasteiger partial charge is 0.354 e. The Labute approximate surface area is 228 Å². The minimum absolute atomic E-state index is 0.0629. The Kier molecular flexibility index (Phi) is 11.2. The summed E-state index contributed by atoms with van der Waals surface area (Å²) in [5.74, 6) is 0.707. The van der Waals surface area contributed by atoms with Crippen molar-refractivity contribution in [2.24, 2.45) is 5.92 Å². The molecule has 3 aromatic rings. The maximum Gasteiger partial charge on any atom is 0.243 e. The molecule has 0 radical (unpaired) electrons. The minimum Gasteiger partial charge on any atom is -0.354 e. The van der Waals surface area contributed by atoms with Crippen LogP contribution in [0.2, 0.25) is 10.0 Å². The molecule has 0 aliphatic heterocycles. The van der Waals surface area contributed by atoms with E-state index in [1.807, 2.05) is 66.7 Å². The minimum atomic E-state index is -0.630. The Hall–Kier alpha value is -2.47. The second-order valence-corrected chi connectivity index (χ2v) is 11.1. The summed E-state index contributed by atoms with van der Waals surface area (Å²) >= 11 is 13.7. The molecule has 0 unspecified atom stereocenters. The fourth-order valence-corrected chi connectivity index (χ4v) is 4.79. The normalized spacial score (nSPS) is 11.8. The highest BCUT2D eigenvalue weighted by Gasteiger charge is 2.30. The molecule has 4 nitrogen and oxygen atoms in total. The molecule has 0 aliphatic carbocycles. The van der Waals surface area contributed by atoms with Gasteiger partial charge < -0.3 is 10.2 Å². The summed E-state index contributed by atoms with van der Waals surface area (Å²) in [6.07, 6.45) is 0.748. The van der Waals surface area contributed by atoms with Crippen molar-refractivity contribution in [1.82, 2.24) is 10.2 Å². The van der Waals surface area contributed by atoms with Gasteiger partial charge in [-0.2, -0.15) is 0 Å². The Balaban J connectivity index is 1.82. The number of amides is 2. The molecule has 0 heterocycles. The van der Waals surface area contributed by atoms with E-state index < -0.39 is 6.04 Å². The van der Waals surface area contributed by atoms with E-state index in [9.17, 15) is 9.59 Å². The summed E-state index contributed by atoms with van der Waals surface area (Å²) in [7, 11) is 0. The van der Waals surface area contributed by atoms with Gasteiger partial charge in [0.05, 0.1) is 0 Å². The van der Waals surface area contributed by atoms with Gasteiger partial charge in [-0.05, 0) is 53.4 Å². The van der Waals surface area contributed by atoms with Crippen LogP contribution in [-0.4, -0.2) is 35.1 Å². The van der Waals surface area contributed by atoms with Crippen LogP contribution >= 0.6 is 35.0 Å². The maximum absolute atomic E-state index is 13.6. The number of nitrogens with zero attached hydrogens (tertiary/aromatic N) is 1. The third-order valence-corrected chi connectivity index (χ3v) is 7.14. The fraction of sp³-hybridized carbons (Fsp3) is 0.310. The first-order chi connectivity index (χ1) is 17.3. The average Bonchev–Trinajstić information content (AvgIpc) is 2.87. The summed E-state index contributed by atoms with van der Waals surface area (Å²) < 4.78 is 0. The Morgan fingerprint density at radius 1 is 0.861 bits per heavy atom. The molecule has 0 aliphatic rings. The van der Waals surface area contributed by atoms with Crippen molar-refractivity contribution in [2.75, 3.05) is 12.3 Å². The van der Waals surface area contributed by atoms with E-state index in [0.717, 1.165) is 16.0 Å². The second kappa shape index (κ2) is 14.3. The number of hydrogen-bond donors (Lipinski definition) is 1. The highest BCUT2D eigenvalue weighted by atomic mass is 35.5. The number of rotatable bonds is 12. The fourth-order valence-electron chi connectivity index (χ4n) is 3.69. The molecule has 3 aromatic carbocycles. The lowest BCUT2D eigenvalue weighted by molar-refractivity contribution is -0.141. The lowest BCUT2D eigenvalue weighted by atomic mass is 10.0. The smallest absolute Gasteiger partial charge is 0.243 e. The number of carbonyl (C=O) groups is 2. The molecular formula is C29H32Cl2N2O2S. The SMILES string of the molecule is CC(C)CNC(=O)[C@H](Cc1ccccc1)N(Cc1ccc(Cl)cc1)C(=O)CCSc1ccc(Cl)cc1. The van der Waals surface area contributed by atoms with Gasteiger partial charge in [-0.1, -0.05) is 79.5 Å². The first kappa shape index (κ1) is 28.1. The van der Waals surface area contributed by atoms with E-state index in [2.05, 4.69) is 19.2 Å². The zero-order valence-electron chi connectivity index (χ0n) is 20.6. The summed E-state index contributed by atoms with van der Waals surface area (Å²) in [5, 5.41) is 4.36. The predicted octanol–water partition coefficient (Wildman–Crippen LogP) is 6.89. The van der Waals surface area contributed by atoms with Gasteiger partial charge in [0.15, 0.2) is 0 Å². The molecule has 7 heteroatoms. The third-order valence-electron chi connectivity index (χ3n) is 5.62. The zero-order valence-corrected chi connectivity index (χ0v) is 23.0.